The van der Waals surface area contributed by atoms with Crippen LogP contribution in [0.3, 0.4) is 0 Å². The van der Waals surface area contributed by atoms with Crippen LogP contribution in [0.2, 0.25) is 0 Å². The van der Waals surface area contributed by atoms with E-state index in [1.165, 1.54) is 19.8 Å². The van der Waals surface area contributed by atoms with Gasteiger partial charge in [0.15, 0.2) is 6.39 Å². The van der Waals surface area contributed by atoms with E-state index in [4.69, 9.17) is 13.9 Å². The van der Waals surface area contributed by atoms with Crippen molar-refractivity contribution in [3.63, 3.8) is 0 Å². The zero-order valence-electron chi connectivity index (χ0n) is 21.6. The summed E-state index contributed by atoms with van der Waals surface area (Å²) in [6.45, 7) is 7.81. The number of hydrogen-bond donors (Lipinski definition) is 2. The maximum absolute atomic E-state index is 12.7. The first-order valence-corrected chi connectivity index (χ1v) is 12.1. The van der Waals surface area contributed by atoms with E-state index in [-0.39, 0.29) is 0 Å². The van der Waals surface area contributed by atoms with Crippen molar-refractivity contribution >= 4 is 23.2 Å². The highest BCUT2D eigenvalue weighted by Gasteiger charge is 2.29. The Kier molecular flexibility index (Phi) is 7.98. The van der Waals surface area contributed by atoms with E-state index in [0.717, 1.165) is 37.6 Å². The van der Waals surface area contributed by atoms with Crippen LogP contribution in [-0.2, 0) is 9.59 Å². The fraction of sp³-hybridized carbons (Fsp3) is 0.370. The monoisotopic (exact) mass is 507 g/mol. The number of ether oxygens (including phenoxy) is 2. The lowest BCUT2D eigenvalue weighted by Gasteiger charge is -2.40. The molecule has 0 unspecified atom stereocenters. The van der Waals surface area contributed by atoms with Crippen molar-refractivity contribution in [1.82, 2.24) is 15.2 Å². The Hall–Kier alpha value is -4.05. The molecule has 0 aliphatic carbocycles. The zero-order chi connectivity index (χ0) is 26.4. The van der Waals surface area contributed by atoms with Crippen LogP contribution in [-0.4, -0.2) is 74.2 Å². The van der Waals surface area contributed by atoms with Crippen LogP contribution < -0.4 is 25.0 Å². The standard InChI is InChI=1S/C27H33N5O5/c1-27(2,17-31-11-13-32(14-12-31)22-7-5-6-8-23(22)35-3)30-26(34)25(33)29-19-9-10-20(24(15-19)36-4)21-16-37-18-28-21/h5-10,15-16,18H,11-14,17H2,1-4H3,(H,29,33)(H,30,34). The smallest absolute Gasteiger partial charge is 0.313 e. The third-order valence-corrected chi connectivity index (χ3v) is 6.24. The third kappa shape index (κ3) is 6.39. The van der Waals surface area contributed by atoms with Crippen LogP contribution in [0.25, 0.3) is 11.3 Å². The summed E-state index contributed by atoms with van der Waals surface area (Å²) < 4.78 is 15.9. The van der Waals surface area contributed by atoms with E-state index in [1.54, 1.807) is 25.3 Å². The summed E-state index contributed by atoms with van der Waals surface area (Å²) in [6.07, 6.45) is 2.83. The van der Waals surface area contributed by atoms with Gasteiger partial charge in [-0.1, -0.05) is 12.1 Å². The molecule has 196 valence electrons. The largest absolute Gasteiger partial charge is 0.496 e. The molecule has 10 heteroatoms. The molecule has 1 aromatic heterocycles. The normalized spacial score (nSPS) is 14.2. The lowest BCUT2D eigenvalue weighted by molar-refractivity contribution is -0.137. The Balaban J connectivity index is 1.30. The van der Waals surface area contributed by atoms with Gasteiger partial charge in [-0.05, 0) is 38.1 Å². The van der Waals surface area contributed by atoms with Gasteiger partial charge in [0.2, 0.25) is 0 Å². The predicted octanol–water partition coefficient (Wildman–Crippen LogP) is 3.01. The van der Waals surface area contributed by atoms with E-state index in [2.05, 4.69) is 31.5 Å². The molecule has 0 saturated carbocycles. The van der Waals surface area contributed by atoms with Crippen molar-refractivity contribution in [3.05, 3.63) is 55.1 Å². The summed E-state index contributed by atoms with van der Waals surface area (Å²) >= 11 is 0. The predicted molar refractivity (Wildman–Crippen MR) is 141 cm³/mol. The van der Waals surface area contributed by atoms with Gasteiger partial charge in [-0.3, -0.25) is 14.5 Å². The van der Waals surface area contributed by atoms with Gasteiger partial charge in [-0.15, -0.1) is 0 Å². The molecule has 3 aromatic rings. The first-order chi connectivity index (χ1) is 17.8. The molecule has 0 bridgehead atoms. The highest BCUT2D eigenvalue weighted by Crippen LogP contribution is 2.31. The minimum atomic E-state index is -0.745. The molecule has 1 aliphatic rings. The van der Waals surface area contributed by atoms with Crippen LogP contribution >= 0.6 is 0 Å². The number of anilines is 2. The summed E-state index contributed by atoms with van der Waals surface area (Å²) in [7, 11) is 3.21. The van der Waals surface area contributed by atoms with Crippen molar-refractivity contribution in [2.75, 3.05) is 57.2 Å². The van der Waals surface area contributed by atoms with E-state index in [9.17, 15) is 9.59 Å². The van der Waals surface area contributed by atoms with Gasteiger partial charge in [-0.25, -0.2) is 4.98 Å². The molecule has 10 nitrogen and oxygen atoms in total. The van der Waals surface area contributed by atoms with Crippen molar-refractivity contribution < 1.29 is 23.5 Å². The molecule has 37 heavy (non-hydrogen) atoms. The van der Waals surface area contributed by atoms with Gasteiger partial charge in [0.05, 0.1) is 19.9 Å². The number of hydrogen-bond acceptors (Lipinski definition) is 8. The van der Waals surface area contributed by atoms with Gasteiger partial charge in [0.1, 0.15) is 23.5 Å². The lowest BCUT2D eigenvalue weighted by atomic mass is 10.0. The Morgan fingerprint density at radius 1 is 1.00 bits per heavy atom. The molecule has 2 aromatic carbocycles. The first-order valence-electron chi connectivity index (χ1n) is 12.1. The summed E-state index contributed by atoms with van der Waals surface area (Å²) in [6, 6.07) is 13.1. The summed E-state index contributed by atoms with van der Waals surface area (Å²) in [5.41, 5.74) is 2.24. The van der Waals surface area contributed by atoms with Crippen LogP contribution in [0.4, 0.5) is 11.4 Å². The Morgan fingerprint density at radius 3 is 2.41 bits per heavy atom. The number of methoxy groups -OCH3 is 2. The van der Waals surface area contributed by atoms with Crippen LogP contribution in [0, 0.1) is 0 Å². The molecule has 0 atom stereocenters. The number of para-hydroxylation sites is 2. The number of oxazole rings is 1. The minimum absolute atomic E-state index is 0.439. The number of carbonyl (C=O) groups is 2. The second kappa shape index (κ2) is 11.3. The molecular formula is C27H33N5O5. The van der Waals surface area contributed by atoms with Gasteiger partial charge >= 0.3 is 11.8 Å². The molecule has 2 amide bonds. The summed E-state index contributed by atoms with van der Waals surface area (Å²) in [5, 5.41) is 5.51. The number of rotatable bonds is 8. The molecule has 2 N–H and O–H groups in total. The highest BCUT2D eigenvalue weighted by atomic mass is 16.5. The molecule has 0 spiro atoms. The molecule has 1 saturated heterocycles. The van der Waals surface area contributed by atoms with E-state index < -0.39 is 17.4 Å². The third-order valence-electron chi connectivity index (χ3n) is 6.24. The zero-order valence-corrected chi connectivity index (χ0v) is 21.6. The SMILES string of the molecule is COc1cc(NC(=O)C(=O)NC(C)(C)CN2CCN(c3ccccc3OC)CC2)ccc1-c1cocn1. The number of carbonyl (C=O) groups excluding carboxylic acids is 2. The fourth-order valence-electron chi connectivity index (χ4n) is 4.51. The Bertz CT molecular complexity index is 1220. The molecule has 2 heterocycles. The number of amides is 2. The number of piperazine rings is 1. The van der Waals surface area contributed by atoms with Gasteiger partial charge < -0.3 is 29.4 Å². The topological polar surface area (TPSA) is 109 Å². The number of benzene rings is 2. The first kappa shape index (κ1) is 26.0. The summed E-state index contributed by atoms with van der Waals surface area (Å²) in [5.74, 6) is -0.0813. The molecule has 4 rings (SSSR count). The number of aromatic nitrogens is 1. The quantitative estimate of drug-likeness (QED) is 0.448. The van der Waals surface area contributed by atoms with Crippen molar-refractivity contribution in [2.45, 2.75) is 19.4 Å². The maximum atomic E-state index is 12.7. The average molecular weight is 508 g/mol. The van der Waals surface area contributed by atoms with E-state index in [1.807, 2.05) is 32.0 Å². The fourth-order valence-corrected chi connectivity index (χ4v) is 4.51. The molecule has 1 fully saturated rings. The average Bonchev–Trinajstić information content (AvgIpc) is 3.43. The Morgan fingerprint density at radius 2 is 1.73 bits per heavy atom. The number of nitrogens with zero attached hydrogens (tertiary/aromatic N) is 3. The Labute approximate surface area is 216 Å². The lowest BCUT2D eigenvalue weighted by Crippen LogP contribution is -2.57. The maximum Gasteiger partial charge on any atom is 0.313 e. The van der Waals surface area contributed by atoms with Gasteiger partial charge in [0.25, 0.3) is 0 Å². The minimum Gasteiger partial charge on any atom is -0.496 e. The second-order valence-electron chi connectivity index (χ2n) is 9.52. The van der Waals surface area contributed by atoms with E-state index >= 15 is 0 Å². The molecule has 1 aliphatic heterocycles. The van der Waals surface area contributed by atoms with Gasteiger partial charge in [0, 0.05) is 55.6 Å². The van der Waals surface area contributed by atoms with Crippen molar-refractivity contribution in [3.8, 4) is 22.8 Å². The van der Waals surface area contributed by atoms with Crippen LogP contribution in [0.1, 0.15) is 13.8 Å². The van der Waals surface area contributed by atoms with Crippen LogP contribution in [0.5, 0.6) is 11.5 Å². The number of nitrogens with one attached hydrogen (secondary N) is 2. The highest BCUT2D eigenvalue weighted by molar-refractivity contribution is 6.39. The molecule has 0 radical (unpaired) electrons. The molecular weight excluding hydrogens is 474 g/mol. The second-order valence-corrected chi connectivity index (χ2v) is 9.52. The van der Waals surface area contributed by atoms with Crippen molar-refractivity contribution in [1.29, 1.82) is 0 Å². The van der Waals surface area contributed by atoms with Crippen molar-refractivity contribution in [2.24, 2.45) is 0 Å². The van der Waals surface area contributed by atoms with E-state index in [0.29, 0.717) is 29.2 Å². The van der Waals surface area contributed by atoms with Gasteiger partial charge in [-0.2, -0.15) is 0 Å². The summed E-state index contributed by atoms with van der Waals surface area (Å²) in [4.78, 5) is 34.0. The van der Waals surface area contributed by atoms with Crippen LogP contribution in [0.15, 0.2) is 59.5 Å².